The minimum absolute atomic E-state index is 0.285. The lowest BCUT2D eigenvalue weighted by molar-refractivity contribution is -0.159. The third kappa shape index (κ3) is 8.02. The molecule has 2 aliphatic heterocycles. The minimum atomic E-state index is -1.82. The maximum absolute atomic E-state index is 9.10. The van der Waals surface area contributed by atoms with E-state index in [1.807, 2.05) is 0 Å². The zero-order valence-electron chi connectivity index (χ0n) is 16.5. The Kier molecular flexibility index (Phi) is 10.0. The summed E-state index contributed by atoms with van der Waals surface area (Å²) in [7, 11) is 0. The third-order valence-electron chi connectivity index (χ3n) is 5.43. The molecule has 0 bridgehead atoms. The Labute approximate surface area is 179 Å². The average Bonchev–Trinajstić information content (AvgIpc) is 2.72. The topological polar surface area (TPSA) is 105 Å². The third-order valence-corrected chi connectivity index (χ3v) is 6.20. The van der Waals surface area contributed by atoms with Crippen LogP contribution in [-0.4, -0.2) is 100 Å². The molecule has 0 atom stereocenters. The smallest absolute Gasteiger partial charge is 0.414 e. The highest BCUT2D eigenvalue weighted by Crippen LogP contribution is 2.22. The van der Waals surface area contributed by atoms with E-state index in [0.29, 0.717) is 0 Å². The molecule has 0 aromatic heterocycles. The number of nitrogens with zero attached hydrogens (tertiary/aromatic N) is 3. The van der Waals surface area contributed by atoms with E-state index in [9.17, 15) is 0 Å². The summed E-state index contributed by atoms with van der Waals surface area (Å²) in [5, 5.41) is 23.8. The molecule has 2 saturated heterocycles. The number of rotatable bonds is 5. The maximum atomic E-state index is 9.10. The van der Waals surface area contributed by atoms with Gasteiger partial charge in [-0.2, -0.15) is 0 Å². The summed E-state index contributed by atoms with van der Waals surface area (Å²) in [6.45, 7) is 9.11. The van der Waals surface area contributed by atoms with E-state index in [1.54, 1.807) is 0 Å². The Hall–Kier alpha value is -1.52. The van der Waals surface area contributed by atoms with Crippen molar-refractivity contribution in [3.05, 3.63) is 34.3 Å². The standard InChI is InChI=1S/C18H28BrN3O.C2H2O4/c19-18-4-2-1-3-16(18)15-21-7-5-17(6-8-21)22-11-9-20(10-12-22)13-14-23;3-1(4)2(5)6/h1-4,17,23H,5-15H2;(H,3,4)(H,5,6). The van der Waals surface area contributed by atoms with E-state index >= 15 is 0 Å². The second kappa shape index (κ2) is 12.2. The molecule has 8 nitrogen and oxygen atoms in total. The fourth-order valence-electron chi connectivity index (χ4n) is 3.80. The quantitative estimate of drug-likeness (QED) is 0.549. The summed E-state index contributed by atoms with van der Waals surface area (Å²) in [6.07, 6.45) is 2.56. The van der Waals surface area contributed by atoms with E-state index in [1.165, 1.54) is 36.0 Å². The van der Waals surface area contributed by atoms with E-state index in [0.717, 1.165) is 45.3 Å². The van der Waals surface area contributed by atoms with Crippen LogP contribution in [0.3, 0.4) is 0 Å². The Morgan fingerprint density at radius 1 is 0.931 bits per heavy atom. The van der Waals surface area contributed by atoms with Gasteiger partial charge < -0.3 is 15.3 Å². The van der Waals surface area contributed by atoms with E-state index in [-0.39, 0.29) is 6.61 Å². The van der Waals surface area contributed by atoms with Crippen LogP contribution in [0.4, 0.5) is 0 Å². The maximum Gasteiger partial charge on any atom is 0.414 e. The summed E-state index contributed by atoms with van der Waals surface area (Å²) < 4.78 is 1.22. The molecule has 0 unspecified atom stereocenters. The number of hydrogen-bond acceptors (Lipinski definition) is 6. The van der Waals surface area contributed by atoms with Crippen molar-refractivity contribution in [2.45, 2.75) is 25.4 Å². The van der Waals surface area contributed by atoms with Crippen LogP contribution in [0, 0.1) is 0 Å². The first-order valence-electron chi connectivity index (χ1n) is 9.90. The summed E-state index contributed by atoms with van der Waals surface area (Å²) in [4.78, 5) is 25.8. The van der Waals surface area contributed by atoms with Crippen molar-refractivity contribution in [1.29, 1.82) is 0 Å². The van der Waals surface area contributed by atoms with Crippen LogP contribution in [-0.2, 0) is 16.1 Å². The number of halogens is 1. The lowest BCUT2D eigenvalue weighted by atomic mass is 10.0. The molecule has 0 amide bonds. The first-order chi connectivity index (χ1) is 13.9. The number of aliphatic hydroxyl groups excluding tert-OH is 1. The number of piperidine rings is 1. The number of aliphatic carboxylic acids is 2. The number of carbonyl (C=O) groups is 2. The molecule has 2 heterocycles. The van der Waals surface area contributed by atoms with Crippen LogP contribution in [0.2, 0.25) is 0 Å². The number of β-amino-alcohol motifs (C(OH)–C–C–N with tert-alkyl or cyclic N) is 1. The van der Waals surface area contributed by atoms with E-state index in [2.05, 4.69) is 54.9 Å². The molecule has 0 radical (unpaired) electrons. The average molecular weight is 472 g/mol. The lowest BCUT2D eigenvalue weighted by Gasteiger charge is -2.42. The Morgan fingerprint density at radius 3 is 2.03 bits per heavy atom. The van der Waals surface area contributed by atoms with Gasteiger partial charge in [-0.1, -0.05) is 34.1 Å². The summed E-state index contributed by atoms with van der Waals surface area (Å²) in [5.41, 5.74) is 1.39. The SMILES string of the molecule is O=C(O)C(=O)O.OCCN1CCN(C2CCN(Cc3ccccc3Br)CC2)CC1. The van der Waals surface area contributed by atoms with Gasteiger partial charge in [0, 0.05) is 49.8 Å². The molecule has 0 saturated carbocycles. The normalized spacial score (nSPS) is 19.4. The van der Waals surface area contributed by atoms with Crippen molar-refractivity contribution in [3.8, 4) is 0 Å². The second-order valence-electron chi connectivity index (χ2n) is 7.31. The molecule has 2 fully saturated rings. The molecule has 29 heavy (non-hydrogen) atoms. The predicted octanol–water partition coefficient (Wildman–Crippen LogP) is 1.18. The van der Waals surface area contributed by atoms with Crippen LogP contribution in [0.25, 0.3) is 0 Å². The van der Waals surface area contributed by atoms with Crippen LogP contribution in [0.1, 0.15) is 18.4 Å². The van der Waals surface area contributed by atoms with Crippen LogP contribution >= 0.6 is 15.9 Å². The first kappa shape index (κ1) is 23.8. The number of likely N-dealkylation sites (tertiary alicyclic amines) is 1. The van der Waals surface area contributed by atoms with Gasteiger partial charge in [0.2, 0.25) is 0 Å². The summed E-state index contributed by atoms with van der Waals surface area (Å²) >= 11 is 3.66. The molecule has 3 rings (SSSR count). The Morgan fingerprint density at radius 2 is 1.52 bits per heavy atom. The van der Waals surface area contributed by atoms with Gasteiger partial charge >= 0.3 is 11.9 Å². The number of carboxylic acid groups (broad SMARTS) is 2. The molecular formula is C20H30BrN3O5. The van der Waals surface area contributed by atoms with Crippen molar-refractivity contribution in [1.82, 2.24) is 14.7 Å². The lowest BCUT2D eigenvalue weighted by Crippen LogP contribution is -2.53. The Balaban J connectivity index is 0.000000438. The monoisotopic (exact) mass is 471 g/mol. The van der Waals surface area contributed by atoms with Crippen molar-refractivity contribution in [3.63, 3.8) is 0 Å². The Bertz CT molecular complexity index is 647. The van der Waals surface area contributed by atoms with E-state index < -0.39 is 11.9 Å². The van der Waals surface area contributed by atoms with Gasteiger partial charge in [0.05, 0.1) is 6.61 Å². The van der Waals surface area contributed by atoms with Gasteiger partial charge in [0.25, 0.3) is 0 Å². The number of carboxylic acids is 2. The van der Waals surface area contributed by atoms with Crippen molar-refractivity contribution in [2.75, 3.05) is 52.4 Å². The van der Waals surface area contributed by atoms with Gasteiger partial charge in [-0.3, -0.25) is 14.7 Å². The predicted molar refractivity (Wildman–Crippen MR) is 113 cm³/mol. The zero-order valence-corrected chi connectivity index (χ0v) is 18.1. The van der Waals surface area contributed by atoms with Crippen LogP contribution in [0.5, 0.6) is 0 Å². The number of aliphatic hydroxyl groups is 1. The van der Waals surface area contributed by atoms with Gasteiger partial charge in [0.1, 0.15) is 0 Å². The molecule has 162 valence electrons. The number of hydrogen-bond donors (Lipinski definition) is 3. The summed E-state index contributed by atoms with van der Waals surface area (Å²) in [6, 6.07) is 9.31. The van der Waals surface area contributed by atoms with Crippen LogP contribution in [0.15, 0.2) is 28.7 Å². The van der Waals surface area contributed by atoms with Crippen molar-refractivity contribution >= 4 is 27.9 Å². The highest BCUT2D eigenvalue weighted by Gasteiger charge is 2.27. The summed E-state index contributed by atoms with van der Waals surface area (Å²) in [5.74, 6) is -3.65. The molecule has 0 spiro atoms. The molecule has 3 N–H and O–H groups in total. The van der Waals surface area contributed by atoms with Gasteiger partial charge in [-0.25, -0.2) is 9.59 Å². The highest BCUT2D eigenvalue weighted by molar-refractivity contribution is 9.10. The molecule has 1 aromatic carbocycles. The number of piperazine rings is 1. The first-order valence-corrected chi connectivity index (χ1v) is 10.7. The number of benzene rings is 1. The molecular weight excluding hydrogens is 442 g/mol. The largest absolute Gasteiger partial charge is 0.473 e. The van der Waals surface area contributed by atoms with Crippen molar-refractivity contribution < 1.29 is 24.9 Å². The van der Waals surface area contributed by atoms with Gasteiger partial charge in [-0.15, -0.1) is 0 Å². The fraction of sp³-hybridized carbons (Fsp3) is 0.600. The van der Waals surface area contributed by atoms with E-state index in [4.69, 9.17) is 24.9 Å². The van der Waals surface area contributed by atoms with Crippen molar-refractivity contribution in [2.24, 2.45) is 0 Å². The second-order valence-corrected chi connectivity index (χ2v) is 8.16. The fourth-order valence-corrected chi connectivity index (χ4v) is 4.21. The molecule has 2 aliphatic rings. The van der Waals surface area contributed by atoms with Crippen LogP contribution < -0.4 is 0 Å². The minimum Gasteiger partial charge on any atom is -0.473 e. The zero-order chi connectivity index (χ0) is 21.2. The van der Waals surface area contributed by atoms with Gasteiger partial charge in [-0.05, 0) is 37.6 Å². The highest BCUT2D eigenvalue weighted by atomic mass is 79.9. The molecule has 9 heteroatoms. The van der Waals surface area contributed by atoms with Gasteiger partial charge in [0.15, 0.2) is 0 Å². The molecule has 1 aromatic rings. The molecule has 0 aliphatic carbocycles.